The van der Waals surface area contributed by atoms with Crippen molar-refractivity contribution >= 4 is 16.9 Å². The maximum absolute atomic E-state index is 8.67. The second kappa shape index (κ2) is 2.38. The molecule has 2 rings (SSSR count). The van der Waals surface area contributed by atoms with E-state index in [2.05, 4.69) is 5.10 Å². The topological polar surface area (TPSA) is 93.1 Å². The van der Waals surface area contributed by atoms with Crippen molar-refractivity contribution in [1.82, 2.24) is 9.61 Å². The van der Waals surface area contributed by atoms with Gasteiger partial charge in [0.15, 0.2) is 0 Å². The van der Waals surface area contributed by atoms with Crippen molar-refractivity contribution in [3.63, 3.8) is 0 Å². The first-order chi connectivity index (χ1) is 6.22. The first kappa shape index (κ1) is 7.43. The van der Waals surface area contributed by atoms with Crippen LogP contribution in [0.3, 0.4) is 0 Å². The molecule has 0 aliphatic carbocycles. The van der Waals surface area contributed by atoms with Crippen LogP contribution in [0.4, 0.5) is 11.4 Å². The number of anilines is 2. The molecule has 0 spiro atoms. The fourth-order valence-electron chi connectivity index (χ4n) is 1.19. The number of hydrogen-bond acceptors (Lipinski definition) is 4. The number of nitrogens with two attached hydrogens (primary N) is 2. The fraction of sp³-hybridized carbons (Fsp3) is 0. The molecule has 0 saturated heterocycles. The molecule has 0 aliphatic heterocycles. The Bertz CT molecular complexity index is 505. The van der Waals surface area contributed by atoms with Gasteiger partial charge in [-0.2, -0.15) is 10.4 Å². The van der Waals surface area contributed by atoms with E-state index in [1.165, 1.54) is 6.20 Å². The van der Waals surface area contributed by atoms with Crippen LogP contribution < -0.4 is 11.5 Å². The molecule has 4 N–H and O–H groups in total. The molecular formula is C8H7N5. The van der Waals surface area contributed by atoms with Crippen LogP contribution in [-0.2, 0) is 0 Å². The summed E-state index contributed by atoms with van der Waals surface area (Å²) in [6, 6.07) is 3.64. The van der Waals surface area contributed by atoms with Crippen molar-refractivity contribution in [2.45, 2.75) is 0 Å². The third-order valence-electron chi connectivity index (χ3n) is 1.82. The summed E-state index contributed by atoms with van der Waals surface area (Å²) in [4.78, 5) is 0. The molecule has 5 heteroatoms. The van der Waals surface area contributed by atoms with Gasteiger partial charge < -0.3 is 11.5 Å². The van der Waals surface area contributed by atoms with E-state index in [4.69, 9.17) is 16.7 Å². The standard InChI is InChI=1S/C8H7N5/c9-2-5-3-12-13-4-6(10)1-7(13)8(5)11/h1,3-4H,10-11H2. The van der Waals surface area contributed by atoms with Crippen molar-refractivity contribution in [2.24, 2.45) is 0 Å². The fourth-order valence-corrected chi connectivity index (χ4v) is 1.19. The van der Waals surface area contributed by atoms with E-state index in [0.717, 1.165) is 0 Å². The van der Waals surface area contributed by atoms with Crippen LogP contribution in [0.1, 0.15) is 5.56 Å². The van der Waals surface area contributed by atoms with Crippen LogP contribution in [0.2, 0.25) is 0 Å². The smallest absolute Gasteiger partial charge is 0.103 e. The van der Waals surface area contributed by atoms with Gasteiger partial charge in [0.05, 0.1) is 34.8 Å². The lowest BCUT2D eigenvalue weighted by Gasteiger charge is -1.98. The number of nitriles is 1. The first-order valence-electron chi connectivity index (χ1n) is 3.65. The Morgan fingerprint density at radius 2 is 2.23 bits per heavy atom. The van der Waals surface area contributed by atoms with Gasteiger partial charge in [0.1, 0.15) is 6.07 Å². The Balaban J connectivity index is 2.87. The maximum Gasteiger partial charge on any atom is 0.103 e. The maximum atomic E-state index is 8.67. The zero-order chi connectivity index (χ0) is 9.42. The predicted octanol–water partition coefficient (Wildman–Crippen LogP) is 0.370. The SMILES string of the molecule is N#Cc1cnn2cc(N)cc2c1N. The number of hydrogen-bond donors (Lipinski definition) is 2. The van der Waals surface area contributed by atoms with E-state index in [1.54, 1.807) is 16.8 Å². The molecule has 0 aliphatic rings. The summed E-state index contributed by atoms with van der Waals surface area (Å²) in [6.07, 6.45) is 3.06. The Labute approximate surface area is 74.2 Å². The highest BCUT2D eigenvalue weighted by Gasteiger charge is 2.05. The summed E-state index contributed by atoms with van der Waals surface area (Å²) >= 11 is 0. The number of nitrogens with zero attached hydrogens (tertiary/aromatic N) is 3. The van der Waals surface area contributed by atoms with Gasteiger partial charge in [-0.3, -0.25) is 0 Å². The second-order valence-corrected chi connectivity index (χ2v) is 2.69. The van der Waals surface area contributed by atoms with E-state index in [9.17, 15) is 0 Å². The van der Waals surface area contributed by atoms with Gasteiger partial charge in [-0.05, 0) is 6.07 Å². The molecular weight excluding hydrogens is 166 g/mol. The average molecular weight is 173 g/mol. The molecule has 13 heavy (non-hydrogen) atoms. The predicted molar refractivity (Wildman–Crippen MR) is 48.7 cm³/mol. The largest absolute Gasteiger partial charge is 0.397 e. The second-order valence-electron chi connectivity index (χ2n) is 2.69. The number of aromatic nitrogens is 2. The van der Waals surface area contributed by atoms with Gasteiger partial charge in [-0.1, -0.05) is 0 Å². The molecule has 0 bridgehead atoms. The van der Waals surface area contributed by atoms with Gasteiger partial charge in [-0.25, -0.2) is 4.52 Å². The molecule has 0 atom stereocenters. The molecule has 0 saturated carbocycles. The van der Waals surface area contributed by atoms with Crippen LogP contribution >= 0.6 is 0 Å². The Hall–Kier alpha value is -2.22. The summed E-state index contributed by atoms with van der Waals surface area (Å²) in [5.74, 6) is 0. The van der Waals surface area contributed by atoms with Crippen molar-refractivity contribution < 1.29 is 0 Å². The van der Waals surface area contributed by atoms with Crippen molar-refractivity contribution in [3.8, 4) is 6.07 Å². The summed E-state index contributed by atoms with van der Waals surface area (Å²) < 4.78 is 1.55. The van der Waals surface area contributed by atoms with Gasteiger partial charge in [0, 0.05) is 0 Å². The average Bonchev–Trinajstić information content (AvgIpc) is 2.47. The minimum absolute atomic E-state index is 0.366. The highest BCUT2D eigenvalue weighted by atomic mass is 15.2. The van der Waals surface area contributed by atoms with E-state index in [1.807, 2.05) is 6.07 Å². The van der Waals surface area contributed by atoms with E-state index in [-0.39, 0.29) is 0 Å². The van der Waals surface area contributed by atoms with Crippen molar-refractivity contribution in [2.75, 3.05) is 11.5 Å². The van der Waals surface area contributed by atoms with E-state index < -0.39 is 0 Å². The molecule has 5 nitrogen and oxygen atoms in total. The molecule has 2 aromatic rings. The van der Waals surface area contributed by atoms with Crippen LogP contribution in [-0.4, -0.2) is 9.61 Å². The summed E-state index contributed by atoms with van der Waals surface area (Å²) in [5.41, 5.74) is 13.3. The lowest BCUT2D eigenvalue weighted by molar-refractivity contribution is 0.940. The minimum atomic E-state index is 0.366. The molecule has 0 amide bonds. The van der Waals surface area contributed by atoms with Crippen LogP contribution in [0.25, 0.3) is 5.52 Å². The zero-order valence-electron chi connectivity index (χ0n) is 6.73. The van der Waals surface area contributed by atoms with Gasteiger partial charge in [-0.15, -0.1) is 0 Å². The summed E-state index contributed by atoms with van der Waals surface area (Å²) in [5, 5.41) is 12.6. The Morgan fingerprint density at radius 1 is 1.46 bits per heavy atom. The first-order valence-corrected chi connectivity index (χ1v) is 3.65. The molecule has 0 fully saturated rings. The third kappa shape index (κ3) is 0.964. The normalized spacial score (nSPS) is 10.1. The van der Waals surface area contributed by atoms with Crippen molar-refractivity contribution in [1.29, 1.82) is 5.26 Å². The Kier molecular flexibility index (Phi) is 1.36. The van der Waals surface area contributed by atoms with Gasteiger partial charge >= 0.3 is 0 Å². The molecule has 0 radical (unpaired) electrons. The number of nitrogen functional groups attached to an aromatic ring is 2. The van der Waals surface area contributed by atoms with Crippen LogP contribution in [0.5, 0.6) is 0 Å². The lowest BCUT2D eigenvalue weighted by Crippen LogP contribution is -1.98. The number of rotatable bonds is 0. The molecule has 0 aromatic carbocycles. The quantitative estimate of drug-likeness (QED) is 0.601. The highest BCUT2D eigenvalue weighted by molar-refractivity contribution is 5.77. The van der Waals surface area contributed by atoms with E-state index in [0.29, 0.717) is 22.5 Å². The molecule has 64 valence electrons. The van der Waals surface area contributed by atoms with Gasteiger partial charge in [0.25, 0.3) is 0 Å². The number of fused-ring (bicyclic) bond motifs is 1. The lowest BCUT2D eigenvalue weighted by atomic mass is 10.2. The van der Waals surface area contributed by atoms with Gasteiger partial charge in [0.2, 0.25) is 0 Å². The Morgan fingerprint density at radius 3 is 2.92 bits per heavy atom. The van der Waals surface area contributed by atoms with E-state index >= 15 is 0 Å². The molecule has 2 heterocycles. The monoisotopic (exact) mass is 173 g/mol. The minimum Gasteiger partial charge on any atom is -0.397 e. The van der Waals surface area contributed by atoms with Crippen LogP contribution in [0.15, 0.2) is 18.5 Å². The summed E-state index contributed by atoms with van der Waals surface area (Å²) in [7, 11) is 0. The molecule has 0 unspecified atom stereocenters. The van der Waals surface area contributed by atoms with Crippen LogP contribution in [0, 0.1) is 11.3 Å². The van der Waals surface area contributed by atoms with Crippen molar-refractivity contribution in [3.05, 3.63) is 24.0 Å². The summed E-state index contributed by atoms with van der Waals surface area (Å²) in [6.45, 7) is 0. The zero-order valence-corrected chi connectivity index (χ0v) is 6.73. The highest BCUT2D eigenvalue weighted by Crippen LogP contribution is 2.19. The third-order valence-corrected chi connectivity index (χ3v) is 1.82. The molecule has 2 aromatic heterocycles.